The van der Waals surface area contributed by atoms with Crippen LogP contribution in [-0.2, 0) is 10.0 Å². The molecule has 2 aromatic rings. The molecule has 0 fully saturated rings. The molecule has 0 aliphatic heterocycles. The van der Waals surface area contributed by atoms with E-state index in [1.165, 1.54) is 30.3 Å². The van der Waals surface area contributed by atoms with Crippen LogP contribution in [0.2, 0.25) is 15.1 Å². The van der Waals surface area contributed by atoms with Gasteiger partial charge >= 0.3 is 0 Å². The molecule has 0 saturated heterocycles. The van der Waals surface area contributed by atoms with Crippen LogP contribution in [0.1, 0.15) is 0 Å². The van der Waals surface area contributed by atoms with E-state index in [9.17, 15) is 8.42 Å². The van der Waals surface area contributed by atoms with E-state index in [0.29, 0.717) is 5.02 Å². The first kappa shape index (κ1) is 15.3. The van der Waals surface area contributed by atoms with Gasteiger partial charge in [0.15, 0.2) is 0 Å². The Hall–Kier alpha value is -1.14. The van der Waals surface area contributed by atoms with Crippen molar-refractivity contribution in [3.8, 4) is 0 Å². The van der Waals surface area contributed by atoms with Gasteiger partial charge in [0.25, 0.3) is 10.0 Å². The van der Waals surface area contributed by atoms with Crippen molar-refractivity contribution in [2.75, 3.05) is 10.5 Å². The fraction of sp³-hybridized carbons (Fsp3) is 0. The fourth-order valence-electron chi connectivity index (χ4n) is 1.50. The summed E-state index contributed by atoms with van der Waals surface area (Å²) in [6.07, 6.45) is 0. The van der Waals surface area contributed by atoms with Gasteiger partial charge in [0, 0.05) is 15.1 Å². The maximum atomic E-state index is 12.2. The Kier molecular flexibility index (Phi) is 4.34. The molecule has 0 heterocycles. The summed E-state index contributed by atoms with van der Waals surface area (Å²) in [6, 6.07) is 8.50. The third kappa shape index (κ3) is 3.49. The second kappa shape index (κ2) is 5.69. The molecule has 0 aromatic heterocycles. The lowest BCUT2D eigenvalue weighted by Crippen LogP contribution is -2.14. The maximum absolute atomic E-state index is 12.2. The van der Waals surface area contributed by atoms with Crippen LogP contribution in [0.15, 0.2) is 41.3 Å². The smallest absolute Gasteiger partial charge is 0.262 e. The summed E-state index contributed by atoms with van der Waals surface area (Å²) < 4.78 is 26.8. The zero-order valence-electron chi connectivity index (χ0n) is 9.90. The lowest BCUT2D eigenvalue weighted by atomic mass is 10.3. The van der Waals surface area contributed by atoms with Crippen molar-refractivity contribution < 1.29 is 8.42 Å². The van der Waals surface area contributed by atoms with Gasteiger partial charge in [0.2, 0.25) is 0 Å². The third-order valence-electron chi connectivity index (χ3n) is 2.41. The highest BCUT2D eigenvalue weighted by Gasteiger charge is 2.17. The van der Waals surface area contributed by atoms with Gasteiger partial charge in [0.05, 0.1) is 16.3 Å². The molecule has 0 unspecified atom stereocenters. The molecule has 0 amide bonds. The zero-order chi connectivity index (χ0) is 14.9. The molecule has 3 N–H and O–H groups in total. The zero-order valence-corrected chi connectivity index (χ0v) is 13.0. The second-order valence-corrected chi connectivity index (χ2v) is 6.93. The summed E-state index contributed by atoms with van der Waals surface area (Å²) in [4.78, 5) is -0.0608. The van der Waals surface area contributed by atoms with Crippen LogP contribution in [0.3, 0.4) is 0 Å². The van der Waals surface area contributed by atoms with E-state index in [4.69, 9.17) is 40.5 Å². The number of nitrogen functional groups attached to an aromatic ring is 1. The van der Waals surface area contributed by atoms with Crippen LogP contribution < -0.4 is 10.5 Å². The van der Waals surface area contributed by atoms with E-state index < -0.39 is 10.0 Å². The average molecular weight is 352 g/mol. The quantitative estimate of drug-likeness (QED) is 0.820. The van der Waals surface area contributed by atoms with Gasteiger partial charge in [0.1, 0.15) is 0 Å². The molecule has 0 aliphatic carbocycles. The predicted molar refractivity (Wildman–Crippen MR) is 83.1 cm³/mol. The molecular formula is C12H9Cl3N2O2S. The van der Waals surface area contributed by atoms with E-state index in [2.05, 4.69) is 4.72 Å². The first-order valence-corrected chi connectivity index (χ1v) is 7.93. The molecule has 20 heavy (non-hydrogen) atoms. The van der Waals surface area contributed by atoms with Crippen LogP contribution in [-0.4, -0.2) is 8.42 Å². The van der Waals surface area contributed by atoms with Crippen molar-refractivity contribution in [1.82, 2.24) is 0 Å². The number of hydrogen-bond acceptors (Lipinski definition) is 3. The molecule has 0 bridgehead atoms. The number of nitrogens with two attached hydrogens (primary N) is 1. The number of halogens is 3. The van der Waals surface area contributed by atoms with Gasteiger partial charge in [-0.1, -0.05) is 34.8 Å². The molecule has 0 saturated carbocycles. The Bertz CT molecular complexity index is 743. The molecule has 0 radical (unpaired) electrons. The molecule has 2 aromatic carbocycles. The third-order valence-corrected chi connectivity index (χ3v) is 4.42. The largest absolute Gasteiger partial charge is 0.397 e. The van der Waals surface area contributed by atoms with Gasteiger partial charge in [-0.05, 0) is 36.4 Å². The first-order valence-electron chi connectivity index (χ1n) is 5.32. The summed E-state index contributed by atoms with van der Waals surface area (Å²) >= 11 is 17.4. The van der Waals surface area contributed by atoms with E-state index >= 15 is 0 Å². The lowest BCUT2D eigenvalue weighted by Gasteiger charge is -2.11. The number of hydrogen-bond donors (Lipinski definition) is 2. The Morgan fingerprint density at radius 3 is 2.10 bits per heavy atom. The second-order valence-electron chi connectivity index (χ2n) is 3.94. The van der Waals surface area contributed by atoms with Gasteiger partial charge < -0.3 is 5.73 Å². The molecule has 2 rings (SSSR count). The number of anilines is 2. The summed E-state index contributed by atoms with van der Waals surface area (Å²) in [5.41, 5.74) is 6.14. The Morgan fingerprint density at radius 1 is 0.900 bits per heavy atom. The minimum atomic E-state index is -3.86. The van der Waals surface area contributed by atoms with Crippen LogP contribution in [0.5, 0.6) is 0 Å². The molecule has 8 heteroatoms. The summed E-state index contributed by atoms with van der Waals surface area (Å²) in [5, 5.41) is 0.801. The van der Waals surface area contributed by atoms with Gasteiger partial charge in [-0.2, -0.15) is 0 Å². The maximum Gasteiger partial charge on any atom is 0.262 e. The van der Waals surface area contributed by atoms with Crippen molar-refractivity contribution in [3.05, 3.63) is 51.5 Å². The number of nitrogens with one attached hydrogen (secondary N) is 1. The normalized spacial score (nSPS) is 11.3. The minimum absolute atomic E-state index is 0.0608. The predicted octanol–water partition coefficient (Wildman–Crippen LogP) is 4.03. The number of sulfonamides is 1. The van der Waals surface area contributed by atoms with E-state index in [-0.39, 0.29) is 26.3 Å². The Morgan fingerprint density at radius 2 is 1.50 bits per heavy atom. The van der Waals surface area contributed by atoms with E-state index in [1.54, 1.807) is 6.07 Å². The first-order chi connectivity index (χ1) is 9.28. The van der Waals surface area contributed by atoms with Gasteiger partial charge in [-0.15, -0.1) is 0 Å². The number of rotatable bonds is 3. The molecule has 0 atom stereocenters. The highest BCUT2D eigenvalue weighted by Crippen LogP contribution is 2.28. The molecule has 106 valence electrons. The minimum Gasteiger partial charge on any atom is -0.397 e. The monoisotopic (exact) mass is 350 g/mol. The van der Waals surface area contributed by atoms with Crippen LogP contribution in [0.4, 0.5) is 11.4 Å². The lowest BCUT2D eigenvalue weighted by molar-refractivity contribution is 0.601. The molecule has 0 aliphatic rings. The Labute approximate surface area is 131 Å². The van der Waals surface area contributed by atoms with E-state index in [1.807, 2.05) is 0 Å². The van der Waals surface area contributed by atoms with Crippen molar-refractivity contribution in [1.29, 1.82) is 0 Å². The van der Waals surface area contributed by atoms with Crippen molar-refractivity contribution in [2.45, 2.75) is 4.90 Å². The average Bonchev–Trinajstić information content (AvgIpc) is 2.32. The highest BCUT2D eigenvalue weighted by atomic mass is 35.5. The van der Waals surface area contributed by atoms with Crippen LogP contribution in [0.25, 0.3) is 0 Å². The summed E-state index contributed by atoms with van der Waals surface area (Å²) in [5.74, 6) is 0. The highest BCUT2D eigenvalue weighted by molar-refractivity contribution is 7.92. The van der Waals surface area contributed by atoms with Crippen molar-refractivity contribution in [3.63, 3.8) is 0 Å². The van der Waals surface area contributed by atoms with Gasteiger partial charge in [-0.25, -0.2) is 8.42 Å². The van der Waals surface area contributed by atoms with Crippen LogP contribution in [0, 0.1) is 0 Å². The molecular weight excluding hydrogens is 343 g/mol. The van der Waals surface area contributed by atoms with E-state index in [0.717, 1.165) is 0 Å². The Balaban J connectivity index is 2.43. The SMILES string of the molecule is Nc1ccc(Cl)cc1NS(=O)(=O)c1cc(Cl)cc(Cl)c1. The van der Waals surface area contributed by atoms with Crippen molar-refractivity contribution in [2.24, 2.45) is 0 Å². The fourth-order valence-corrected chi connectivity index (χ4v) is 3.48. The number of benzene rings is 2. The van der Waals surface area contributed by atoms with Gasteiger partial charge in [-0.3, -0.25) is 4.72 Å². The summed E-state index contributed by atoms with van der Waals surface area (Å²) in [7, 11) is -3.86. The standard InChI is InChI=1S/C12H9Cl3N2O2S/c13-7-1-2-11(16)12(6-7)17-20(18,19)10-4-8(14)3-9(15)5-10/h1-6,17H,16H2. The van der Waals surface area contributed by atoms with Crippen molar-refractivity contribution >= 4 is 56.2 Å². The molecule has 0 spiro atoms. The van der Waals surface area contributed by atoms with Crippen LogP contribution >= 0.6 is 34.8 Å². The summed E-state index contributed by atoms with van der Waals surface area (Å²) in [6.45, 7) is 0. The molecule has 4 nitrogen and oxygen atoms in total. The topological polar surface area (TPSA) is 72.2 Å².